The van der Waals surface area contributed by atoms with E-state index >= 15 is 0 Å². The Labute approximate surface area is 234 Å². The lowest BCUT2D eigenvalue weighted by atomic mass is 10.1. The van der Waals surface area contributed by atoms with Gasteiger partial charge in [0, 0.05) is 38.8 Å². The molecule has 1 unspecified atom stereocenters. The molecule has 2 saturated heterocycles. The average molecular weight is 573 g/mol. The smallest absolute Gasteiger partial charge is 0.248 e. The molecule has 1 aromatic heterocycles. The van der Waals surface area contributed by atoms with Gasteiger partial charge in [-0.05, 0) is 62.1 Å². The number of aryl methyl sites for hydroxylation is 2. The highest BCUT2D eigenvalue weighted by Gasteiger charge is 2.36. The number of fused-ring (bicyclic) bond motifs is 1. The first-order chi connectivity index (χ1) is 18.8. The number of aromatic nitrogens is 1. The van der Waals surface area contributed by atoms with Crippen molar-refractivity contribution in [3.8, 4) is 5.75 Å². The topological polar surface area (TPSA) is 92.3 Å². The Hall–Kier alpha value is -2.73. The highest BCUT2D eigenvalue weighted by Crippen LogP contribution is 2.32. The number of para-hydroxylation sites is 1. The van der Waals surface area contributed by atoms with E-state index in [9.17, 15) is 13.2 Å². The molecule has 2 aliphatic rings. The van der Waals surface area contributed by atoms with Crippen molar-refractivity contribution in [1.82, 2.24) is 14.2 Å². The minimum Gasteiger partial charge on any atom is -0.497 e. The molecule has 1 amide bonds. The molecule has 3 aromatic rings. The number of ether oxygens (including phenoxy) is 2. The molecule has 9 nitrogen and oxygen atoms in total. The first-order valence-corrected chi connectivity index (χ1v) is 15.7. The lowest BCUT2D eigenvalue weighted by Gasteiger charge is -2.36. The number of hydrogen-bond acceptors (Lipinski definition) is 8. The van der Waals surface area contributed by atoms with Crippen LogP contribution in [0, 0.1) is 13.8 Å². The minimum absolute atomic E-state index is 0.0495. The van der Waals surface area contributed by atoms with Gasteiger partial charge in [0.15, 0.2) is 5.13 Å². The summed E-state index contributed by atoms with van der Waals surface area (Å²) >= 11 is 1.67. The van der Waals surface area contributed by atoms with Gasteiger partial charge in [-0.25, -0.2) is 13.4 Å². The van der Waals surface area contributed by atoms with Crippen LogP contribution in [0.5, 0.6) is 5.75 Å². The van der Waals surface area contributed by atoms with Crippen molar-refractivity contribution in [2.75, 3.05) is 57.9 Å². The molecule has 0 saturated carbocycles. The standard InChI is InChI=1S/C28H36N4O5S2/c1-20-16-23(36-3)17-21(2)27(20)39(34,35)32-11-7-6-8-22(32)18-37-19-26(33)30-12-14-31(15-13-30)28-29-24-9-4-5-10-25(24)38-28/h4-5,9-10,16-17,22H,6-8,11-15,18-19H2,1-3H3. The van der Waals surface area contributed by atoms with Gasteiger partial charge in [-0.2, -0.15) is 4.31 Å². The highest BCUT2D eigenvalue weighted by atomic mass is 32.2. The van der Waals surface area contributed by atoms with Crippen LogP contribution in [-0.2, 0) is 19.6 Å². The lowest BCUT2D eigenvalue weighted by molar-refractivity contribution is -0.137. The van der Waals surface area contributed by atoms with E-state index in [4.69, 9.17) is 14.5 Å². The molecular weight excluding hydrogens is 536 g/mol. The Kier molecular flexibility index (Phi) is 8.41. The monoisotopic (exact) mass is 572 g/mol. The second-order valence-corrected chi connectivity index (χ2v) is 13.0. The van der Waals surface area contributed by atoms with Gasteiger partial charge in [0.25, 0.3) is 0 Å². The maximum Gasteiger partial charge on any atom is 0.248 e. The number of carbonyl (C=O) groups excluding carboxylic acids is 1. The molecule has 3 heterocycles. The van der Waals surface area contributed by atoms with Crippen molar-refractivity contribution >= 4 is 42.6 Å². The second kappa shape index (κ2) is 11.8. The fourth-order valence-corrected chi connectivity index (χ4v) is 8.64. The van der Waals surface area contributed by atoms with Gasteiger partial charge in [-0.15, -0.1) is 0 Å². The number of amides is 1. The number of rotatable bonds is 8. The maximum atomic E-state index is 13.7. The van der Waals surface area contributed by atoms with Crippen LogP contribution in [-0.4, -0.2) is 87.6 Å². The van der Waals surface area contributed by atoms with Gasteiger partial charge in [0.05, 0.1) is 28.8 Å². The Morgan fingerprint density at radius 3 is 2.46 bits per heavy atom. The SMILES string of the molecule is COc1cc(C)c(S(=O)(=O)N2CCCCC2COCC(=O)N2CCN(c3nc4ccccc4s3)CC2)c(C)c1. The summed E-state index contributed by atoms with van der Waals surface area (Å²) < 4.78 is 41.4. The summed E-state index contributed by atoms with van der Waals surface area (Å²) in [5.74, 6) is 0.577. The first kappa shape index (κ1) is 27.8. The van der Waals surface area contributed by atoms with Crippen LogP contribution >= 0.6 is 11.3 Å². The number of methoxy groups -OCH3 is 1. The zero-order valence-electron chi connectivity index (χ0n) is 22.8. The lowest BCUT2D eigenvalue weighted by Crippen LogP contribution is -2.50. The number of anilines is 1. The van der Waals surface area contributed by atoms with Crippen molar-refractivity contribution in [1.29, 1.82) is 0 Å². The second-order valence-electron chi connectivity index (χ2n) is 10.2. The third-order valence-electron chi connectivity index (χ3n) is 7.53. The van der Waals surface area contributed by atoms with Crippen LogP contribution in [0.25, 0.3) is 10.2 Å². The van der Waals surface area contributed by atoms with Gasteiger partial charge < -0.3 is 19.3 Å². The normalized spacial score (nSPS) is 19.0. The van der Waals surface area contributed by atoms with E-state index in [1.165, 1.54) is 0 Å². The van der Waals surface area contributed by atoms with Crippen molar-refractivity contribution in [2.45, 2.75) is 44.0 Å². The molecule has 11 heteroatoms. The largest absolute Gasteiger partial charge is 0.497 e. The Balaban J connectivity index is 1.16. The van der Waals surface area contributed by atoms with Crippen LogP contribution in [0.3, 0.4) is 0 Å². The van der Waals surface area contributed by atoms with E-state index in [1.54, 1.807) is 48.7 Å². The fourth-order valence-electron chi connectivity index (χ4n) is 5.53. The van der Waals surface area contributed by atoms with E-state index in [2.05, 4.69) is 11.0 Å². The van der Waals surface area contributed by atoms with Crippen LogP contribution < -0.4 is 9.64 Å². The highest BCUT2D eigenvalue weighted by molar-refractivity contribution is 7.89. The van der Waals surface area contributed by atoms with Gasteiger partial charge in [-0.1, -0.05) is 29.9 Å². The molecule has 0 aliphatic carbocycles. The van der Waals surface area contributed by atoms with E-state index in [-0.39, 0.29) is 25.2 Å². The molecular formula is C28H36N4O5S2. The number of benzene rings is 2. The van der Waals surface area contributed by atoms with E-state index in [0.717, 1.165) is 41.3 Å². The zero-order chi connectivity index (χ0) is 27.6. The molecule has 5 rings (SSSR count). The van der Waals surface area contributed by atoms with E-state index < -0.39 is 10.0 Å². The summed E-state index contributed by atoms with van der Waals surface area (Å²) in [6, 6.07) is 11.3. The molecule has 0 N–H and O–H groups in total. The van der Waals surface area contributed by atoms with Crippen molar-refractivity contribution in [2.24, 2.45) is 0 Å². The maximum absolute atomic E-state index is 13.7. The summed E-state index contributed by atoms with van der Waals surface area (Å²) in [5.41, 5.74) is 2.33. The predicted molar refractivity (Wildman–Crippen MR) is 153 cm³/mol. The number of hydrogen-bond donors (Lipinski definition) is 0. The minimum atomic E-state index is -3.72. The molecule has 39 heavy (non-hydrogen) atoms. The first-order valence-electron chi connectivity index (χ1n) is 13.4. The van der Waals surface area contributed by atoms with Gasteiger partial charge in [0.1, 0.15) is 12.4 Å². The van der Waals surface area contributed by atoms with Crippen molar-refractivity contribution in [3.63, 3.8) is 0 Å². The Bertz CT molecular complexity index is 1380. The molecule has 2 aliphatic heterocycles. The molecule has 1 atom stereocenters. The zero-order valence-corrected chi connectivity index (χ0v) is 24.4. The van der Waals surface area contributed by atoms with Gasteiger partial charge in [-0.3, -0.25) is 4.79 Å². The summed E-state index contributed by atoms with van der Waals surface area (Å²) in [6.07, 6.45) is 2.45. The predicted octanol–water partition coefficient (Wildman–Crippen LogP) is 3.83. The number of piperidine rings is 1. The third-order valence-corrected chi connectivity index (χ3v) is 10.9. The van der Waals surface area contributed by atoms with E-state index in [1.807, 2.05) is 23.1 Å². The van der Waals surface area contributed by atoms with Crippen molar-refractivity contribution < 1.29 is 22.7 Å². The molecule has 2 fully saturated rings. The Morgan fingerprint density at radius 1 is 1.05 bits per heavy atom. The number of sulfonamides is 1. The number of thiazole rings is 1. The summed E-state index contributed by atoms with van der Waals surface area (Å²) in [6.45, 7) is 6.86. The third kappa shape index (κ3) is 5.91. The fraction of sp³-hybridized carbons (Fsp3) is 0.500. The van der Waals surface area contributed by atoms with Crippen LogP contribution in [0.15, 0.2) is 41.3 Å². The number of nitrogens with zero attached hydrogens (tertiary/aromatic N) is 4. The quantitative estimate of drug-likeness (QED) is 0.405. The van der Waals surface area contributed by atoms with Gasteiger partial charge in [0.2, 0.25) is 15.9 Å². The molecule has 210 valence electrons. The number of carbonyl (C=O) groups is 1. The molecule has 0 bridgehead atoms. The molecule has 2 aromatic carbocycles. The summed E-state index contributed by atoms with van der Waals surface area (Å²) in [5, 5.41) is 0.987. The average Bonchev–Trinajstić information content (AvgIpc) is 3.37. The van der Waals surface area contributed by atoms with Gasteiger partial charge >= 0.3 is 0 Å². The van der Waals surface area contributed by atoms with Crippen LogP contribution in [0.4, 0.5) is 5.13 Å². The van der Waals surface area contributed by atoms with Crippen molar-refractivity contribution in [3.05, 3.63) is 47.5 Å². The number of piperazine rings is 1. The van der Waals surface area contributed by atoms with Crippen LogP contribution in [0.1, 0.15) is 30.4 Å². The van der Waals surface area contributed by atoms with E-state index in [0.29, 0.717) is 47.8 Å². The van der Waals surface area contributed by atoms with Crippen LogP contribution in [0.2, 0.25) is 0 Å². The summed E-state index contributed by atoms with van der Waals surface area (Å²) in [7, 11) is -2.15. The summed E-state index contributed by atoms with van der Waals surface area (Å²) in [4.78, 5) is 22.0. The Morgan fingerprint density at radius 2 is 1.77 bits per heavy atom. The molecule has 0 spiro atoms. The molecule has 0 radical (unpaired) electrons.